The van der Waals surface area contributed by atoms with E-state index in [1.165, 1.54) is 24.3 Å². The molecule has 1 aromatic rings. The van der Waals surface area contributed by atoms with Gasteiger partial charge in [0, 0.05) is 0 Å². The van der Waals surface area contributed by atoms with Gasteiger partial charge in [0.25, 0.3) is 0 Å². The minimum absolute atomic E-state index is 0.0619. The molecule has 1 unspecified atom stereocenters. The Balaban J connectivity index is 1.96. The second-order valence-electron chi connectivity index (χ2n) is 5.15. The second kappa shape index (κ2) is 5.49. The SMILES string of the molecule is OC(c1ccc(F)cc1)C1CCC(C(F)(F)F)CC1. The molecule has 0 amide bonds. The molecule has 1 atom stereocenters. The lowest BCUT2D eigenvalue weighted by Gasteiger charge is -2.32. The van der Waals surface area contributed by atoms with Crippen molar-refractivity contribution in [3.63, 3.8) is 0 Å². The first-order valence-electron chi connectivity index (χ1n) is 6.38. The van der Waals surface area contributed by atoms with E-state index in [4.69, 9.17) is 0 Å². The lowest BCUT2D eigenvalue weighted by Crippen LogP contribution is -2.29. The molecule has 1 saturated carbocycles. The van der Waals surface area contributed by atoms with Gasteiger partial charge < -0.3 is 5.11 Å². The summed E-state index contributed by atoms with van der Waals surface area (Å²) in [6.45, 7) is 0. The predicted molar refractivity (Wildman–Crippen MR) is 62.9 cm³/mol. The van der Waals surface area contributed by atoms with Crippen LogP contribution in [0.5, 0.6) is 0 Å². The van der Waals surface area contributed by atoms with Crippen LogP contribution in [-0.2, 0) is 0 Å². The molecule has 1 nitrogen and oxygen atoms in total. The summed E-state index contributed by atoms with van der Waals surface area (Å²) in [6.07, 6.45) is -4.12. The van der Waals surface area contributed by atoms with Crippen LogP contribution in [0.1, 0.15) is 37.4 Å². The van der Waals surface area contributed by atoms with Crippen molar-refractivity contribution in [2.24, 2.45) is 11.8 Å². The number of aliphatic hydroxyl groups is 1. The van der Waals surface area contributed by atoms with Crippen LogP contribution >= 0.6 is 0 Å². The molecule has 0 saturated heterocycles. The highest BCUT2D eigenvalue weighted by molar-refractivity contribution is 5.19. The smallest absolute Gasteiger partial charge is 0.388 e. The number of halogens is 4. The molecule has 19 heavy (non-hydrogen) atoms. The van der Waals surface area contributed by atoms with Crippen molar-refractivity contribution in [3.8, 4) is 0 Å². The van der Waals surface area contributed by atoms with E-state index in [-0.39, 0.29) is 18.8 Å². The maximum absolute atomic E-state index is 12.8. The van der Waals surface area contributed by atoms with Crippen LogP contribution in [0.25, 0.3) is 0 Å². The van der Waals surface area contributed by atoms with Crippen molar-refractivity contribution in [1.82, 2.24) is 0 Å². The van der Waals surface area contributed by atoms with E-state index in [1.807, 2.05) is 0 Å². The number of hydrogen-bond donors (Lipinski definition) is 1. The van der Waals surface area contributed by atoms with Crippen LogP contribution in [-0.4, -0.2) is 11.3 Å². The second-order valence-corrected chi connectivity index (χ2v) is 5.15. The third kappa shape index (κ3) is 3.47. The van der Waals surface area contributed by atoms with Gasteiger partial charge in [0.15, 0.2) is 0 Å². The Morgan fingerprint density at radius 2 is 1.53 bits per heavy atom. The number of rotatable bonds is 2. The van der Waals surface area contributed by atoms with Crippen LogP contribution in [0.3, 0.4) is 0 Å². The van der Waals surface area contributed by atoms with Gasteiger partial charge in [0.05, 0.1) is 12.0 Å². The van der Waals surface area contributed by atoms with Crippen LogP contribution < -0.4 is 0 Å². The van der Waals surface area contributed by atoms with Crippen LogP contribution in [0, 0.1) is 17.7 Å². The summed E-state index contributed by atoms with van der Waals surface area (Å²) in [4.78, 5) is 0. The van der Waals surface area contributed by atoms with Crippen molar-refractivity contribution in [3.05, 3.63) is 35.6 Å². The molecule has 0 heterocycles. The van der Waals surface area contributed by atoms with E-state index in [2.05, 4.69) is 0 Å². The Morgan fingerprint density at radius 3 is 2.00 bits per heavy atom. The average Bonchev–Trinajstić information content (AvgIpc) is 2.38. The van der Waals surface area contributed by atoms with Crippen LogP contribution in [0.15, 0.2) is 24.3 Å². The first-order valence-corrected chi connectivity index (χ1v) is 6.38. The maximum atomic E-state index is 12.8. The highest BCUT2D eigenvalue weighted by atomic mass is 19.4. The summed E-state index contributed by atoms with van der Waals surface area (Å²) < 4.78 is 50.4. The fourth-order valence-corrected chi connectivity index (χ4v) is 2.69. The van der Waals surface area contributed by atoms with Crippen molar-refractivity contribution in [1.29, 1.82) is 0 Å². The lowest BCUT2D eigenvalue weighted by atomic mass is 9.77. The summed E-state index contributed by atoms with van der Waals surface area (Å²) in [5.41, 5.74) is 0.567. The van der Waals surface area contributed by atoms with Gasteiger partial charge in [0.2, 0.25) is 0 Å². The topological polar surface area (TPSA) is 20.2 Å². The number of alkyl halides is 3. The molecular formula is C14H16F4O. The van der Waals surface area contributed by atoms with E-state index >= 15 is 0 Å². The Bertz CT molecular complexity index is 404. The quantitative estimate of drug-likeness (QED) is 0.801. The highest BCUT2D eigenvalue weighted by Crippen LogP contribution is 2.43. The standard InChI is InChI=1S/C14H16F4O/c15-12-7-3-10(4-8-12)13(19)9-1-5-11(6-2-9)14(16,17)18/h3-4,7-9,11,13,19H,1-2,5-6H2. The summed E-state index contributed by atoms with van der Waals surface area (Å²) >= 11 is 0. The molecule has 0 spiro atoms. The Morgan fingerprint density at radius 1 is 1.00 bits per heavy atom. The van der Waals surface area contributed by atoms with E-state index in [9.17, 15) is 22.7 Å². The Hall–Kier alpha value is -1.10. The van der Waals surface area contributed by atoms with Gasteiger partial charge in [-0.1, -0.05) is 12.1 Å². The molecule has 1 fully saturated rings. The lowest BCUT2D eigenvalue weighted by molar-refractivity contribution is -0.185. The van der Waals surface area contributed by atoms with Gasteiger partial charge in [-0.05, 0) is 49.3 Å². The van der Waals surface area contributed by atoms with Crippen molar-refractivity contribution >= 4 is 0 Å². The third-order valence-corrected chi connectivity index (χ3v) is 3.89. The molecule has 0 aliphatic heterocycles. The highest BCUT2D eigenvalue weighted by Gasteiger charge is 2.42. The van der Waals surface area contributed by atoms with Gasteiger partial charge in [-0.25, -0.2) is 4.39 Å². The zero-order valence-corrected chi connectivity index (χ0v) is 10.3. The molecule has 0 aromatic heterocycles. The van der Waals surface area contributed by atoms with E-state index in [0.29, 0.717) is 18.4 Å². The minimum Gasteiger partial charge on any atom is -0.388 e. The Labute approximate surface area is 109 Å². The molecule has 0 bridgehead atoms. The van der Waals surface area contributed by atoms with E-state index in [1.54, 1.807) is 0 Å². The molecule has 1 aliphatic carbocycles. The van der Waals surface area contributed by atoms with Crippen LogP contribution in [0.2, 0.25) is 0 Å². The zero-order valence-electron chi connectivity index (χ0n) is 10.3. The molecule has 5 heteroatoms. The van der Waals surface area contributed by atoms with E-state index < -0.39 is 24.0 Å². The van der Waals surface area contributed by atoms with Gasteiger partial charge in [-0.15, -0.1) is 0 Å². The monoisotopic (exact) mass is 276 g/mol. The largest absolute Gasteiger partial charge is 0.391 e. The fraction of sp³-hybridized carbons (Fsp3) is 0.571. The normalized spacial score (nSPS) is 26.2. The van der Waals surface area contributed by atoms with E-state index in [0.717, 1.165) is 0 Å². The van der Waals surface area contributed by atoms with Gasteiger partial charge in [-0.3, -0.25) is 0 Å². The fourth-order valence-electron chi connectivity index (χ4n) is 2.69. The molecular weight excluding hydrogens is 260 g/mol. The summed E-state index contributed by atoms with van der Waals surface area (Å²) in [6, 6.07) is 5.46. The maximum Gasteiger partial charge on any atom is 0.391 e. The zero-order chi connectivity index (χ0) is 14.0. The first kappa shape index (κ1) is 14.3. The average molecular weight is 276 g/mol. The molecule has 0 radical (unpaired) electrons. The molecule has 106 valence electrons. The molecule has 1 N–H and O–H groups in total. The first-order chi connectivity index (χ1) is 8.88. The Kier molecular flexibility index (Phi) is 4.13. The number of benzene rings is 1. The molecule has 2 rings (SSSR count). The van der Waals surface area contributed by atoms with Crippen molar-refractivity contribution < 1.29 is 22.7 Å². The summed E-state index contributed by atoms with van der Waals surface area (Å²) in [5.74, 6) is -1.81. The third-order valence-electron chi connectivity index (χ3n) is 3.89. The van der Waals surface area contributed by atoms with Gasteiger partial charge in [-0.2, -0.15) is 13.2 Å². The summed E-state index contributed by atoms with van der Waals surface area (Å²) in [5, 5.41) is 10.1. The number of hydrogen-bond acceptors (Lipinski definition) is 1. The summed E-state index contributed by atoms with van der Waals surface area (Å²) in [7, 11) is 0. The minimum atomic E-state index is -4.13. The molecule has 1 aromatic carbocycles. The van der Waals surface area contributed by atoms with Gasteiger partial charge >= 0.3 is 6.18 Å². The van der Waals surface area contributed by atoms with Gasteiger partial charge in [0.1, 0.15) is 5.82 Å². The number of aliphatic hydroxyl groups excluding tert-OH is 1. The van der Waals surface area contributed by atoms with Crippen LogP contribution in [0.4, 0.5) is 17.6 Å². The van der Waals surface area contributed by atoms with Crippen molar-refractivity contribution in [2.75, 3.05) is 0 Å². The predicted octanol–water partition coefficient (Wildman–Crippen LogP) is 4.23. The van der Waals surface area contributed by atoms with Crippen molar-refractivity contribution in [2.45, 2.75) is 38.0 Å². The molecule has 1 aliphatic rings.